The smallest absolute Gasteiger partial charge is 0.277 e. The number of barbiturate groups is 1. The Morgan fingerprint density at radius 3 is 2.56 bits per heavy atom. The number of nitrogens with one attached hydrogen (secondary N) is 1. The Balaban J connectivity index is 2.29. The molecule has 0 aromatic heterocycles. The van der Waals surface area contributed by atoms with E-state index >= 15 is 0 Å². The number of hydrogen-bond donors (Lipinski definition) is 1. The molecular weight excluding hydrogens is 232 g/mol. The molecule has 0 aromatic rings. The van der Waals surface area contributed by atoms with Crippen LogP contribution in [0.15, 0.2) is 0 Å². The second kappa shape index (κ2) is 4.45. The monoisotopic (exact) mass is 248 g/mol. The standard InChI is InChI=1S/C13H16N2O3/c1-3-6-9(4-2)15-11(17)13(7-5-8-13)10(16)14-12(15)18/h2,9H,3,5-8H2,1H3,(H,14,16,18). The van der Waals surface area contributed by atoms with Crippen molar-refractivity contribution in [2.45, 2.75) is 45.1 Å². The fourth-order valence-electron chi connectivity index (χ4n) is 2.51. The van der Waals surface area contributed by atoms with E-state index in [1.807, 2.05) is 6.92 Å². The molecule has 0 radical (unpaired) electrons. The van der Waals surface area contributed by atoms with E-state index in [0.717, 1.165) is 17.7 Å². The molecule has 5 heteroatoms. The summed E-state index contributed by atoms with van der Waals surface area (Å²) in [7, 11) is 0. The Kier molecular flexibility index (Phi) is 3.12. The van der Waals surface area contributed by atoms with Crippen LogP contribution < -0.4 is 5.32 Å². The van der Waals surface area contributed by atoms with Crippen molar-refractivity contribution in [1.29, 1.82) is 0 Å². The SMILES string of the molecule is C#CC(CCC)N1C(=O)NC(=O)C2(CCC2)C1=O. The van der Waals surface area contributed by atoms with Crippen molar-refractivity contribution in [3.05, 3.63) is 0 Å². The maximum atomic E-state index is 12.4. The van der Waals surface area contributed by atoms with Crippen molar-refractivity contribution in [2.24, 2.45) is 5.41 Å². The molecule has 4 amide bonds. The summed E-state index contributed by atoms with van der Waals surface area (Å²) in [5.41, 5.74) is -1.03. The molecule has 1 N–H and O–H groups in total. The first-order valence-corrected chi connectivity index (χ1v) is 6.22. The van der Waals surface area contributed by atoms with Crippen molar-refractivity contribution in [1.82, 2.24) is 10.2 Å². The molecule has 1 atom stereocenters. The van der Waals surface area contributed by atoms with Crippen molar-refractivity contribution in [2.75, 3.05) is 0 Å². The van der Waals surface area contributed by atoms with E-state index in [1.54, 1.807) is 0 Å². The third kappa shape index (κ3) is 1.60. The highest BCUT2D eigenvalue weighted by Crippen LogP contribution is 2.44. The molecule has 1 saturated heterocycles. The highest BCUT2D eigenvalue weighted by molar-refractivity contribution is 6.19. The van der Waals surface area contributed by atoms with Crippen LogP contribution in [0.25, 0.3) is 0 Å². The normalized spacial score (nSPS) is 23.3. The Morgan fingerprint density at radius 1 is 1.44 bits per heavy atom. The predicted molar refractivity (Wildman–Crippen MR) is 64.2 cm³/mol. The lowest BCUT2D eigenvalue weighted by molar-refractivity contribution is -0.158. The highest BCUT2D eigenvalue weighted by Gasteiger charge is 2.58. The summed E-state index contributed by atoms with van der Waals surface area (Å²) in [4.78, 5) is 37.0. The number of carbonyl (C=O) groups excluding carboxylic acids is 3. The first-order valence-electron chi connectivity index (χ1n) is 6.22. The van der Waals surface area contributed by atoms with Gasteiger partial charge in [-0.3, -0.25) is 14.9 Å². The van der Waals surface area contributed by atoms with Crippen LogP contribution in [0.4, 0.5) is 4.79 Å². The van der Waals surface area contributed by atoms with Gasteiger partial charge in [0.25, 0.3) is 0 Å². The fraction of sp³-hybridized carbons (Fsp3) is 0.615. The fourth-order valence-corrected chi connectivity index (χ4v) is 2.51. The van der Waals surface area contributed by atoms with Crippen LogP contribution in [0.3, 0.4) is 0 Å². The molecule has 2 rings (SSSR count). The van der Waals surface area contributed by atoms with Crippen LogP contribution in [-0.4, -0.2) is 28.8 Å². The Morgan fingerprint density at radius 2 is 2.11 bits per heavy atom. The first kappa shape index (κ1) is 12.6. The Labute approximate surface area is 106 Å². The summed E-state index contributed by atoms with van der Waals surface area (Å²) < 4.78 is 0. The van der Waals surface area contributed by atoms with Crippen LogP contribution in [-0.2, 0) is 9.59 Å². The van der Waals surface area contributed by atoms with Gasteiger partial charge in [-0.2, -0.15) is 0 Å². The van der Waals surface area contributed by atoms with Crippen LogP contribution in [0.5, 0.6) is 0 Å². The van der Waals surface area contributed by atoms with Crippen LogP contribution >= 0.6 is 0 Å². The van der Waals surface area contributed by atoms with Crippen molar-refractivity contribution >= 4 is 17.8 Å². The maximum Gasteiger partial charge on any atom is 0.331 e. The first-order chi connectivity index (χ1) is 8.56. The van der Waals surface area contributed by atoms with E-state index in [-0.39, 0.29) is 0 Å². The lowest BCUT2D eigenvalue weighted by Crippen LogP contribution is -2.67. The molecule has 96 valence electrons. The summed E-state index contributed by atoms with van der Waals surface area (Å²) in [5, 5.41) is 2.26. The summed E-state index contributed by atoms with van der Waals surface area (Å²) in [6.07, 6.45) is 8.55. The van der Waals surface area contributed by atoms with Gasteiger partial charge in [0.1, 0.15) is 11.5 Å². The van der Waals surface area contributed by atoms with Gasteiger partial charge in [0, 0.05) is 0 Å². The summed E-state index contributed by atoms with van der Waals surface area (Å²) in [5.74, 6) is 1.58. The number of urea groups is 1. The average molecular weight is 248 g/mol. The number of amides is 4. The van der Waals surface area contributed by atoms with Gasteiger partial charge in [-0.1, -0.05) is 25.7 Å². The quantitative estimate of drug-likeness (QED) is 0.599. The van der Waals surface area contributed by atoms with Gasteiger partial charge in [0.05, 0.1) is 0 Å². The minimum atomic E-state index is -1.03. The minimum Gasteiger partial charge on any atom is -0.277 e. The van der Waals surface area contributed by atoms with E-state index < -0.39 is 29.3 Å². The molecule has 1 unspecified atom stereocenters. The van der Waals surface area contributed by atoms with Crippen LogP contribution in [0.1, 0.15) is 39.0 Å². The van der Waals surface area contributed by atoms with Gasteiger partial charge < -0.3 is 0 Å². The number of hydrogen-bond acceptors (Lipinski definition) is 3. The van der Waals surface area contributed by atoms with Crippen molar-refractivity contribution in [3.63, 3.8) is 0 Å². The molecule has 2 aliphatic rings. The maximum absolute atomic E-state index is 12.4. The molecule has 1 aliphatic carbocycles. The second-order valence-electron chi connectivity index (χ2n) is 4.84. The van der Waals surface area contributed by atoms with E-state index in [0.29, 0.717) is 19.3 Å². The summed E-state index contributed by atoms with van der Waals surface area (Å²) in [6, 6.07) is -1.24. The molecule has 5 nitrogen and oxygen atoms in total. The van der Waals surface area contributed by atoms with Gasteiger partial charge in [-0.25, -0.2) is 9.69 Å². The number of imide groups is 2. The molecule has 0 aromatic carbocycles. The zero-order chi connectivity index (χ0) is 13.3. The largest absolute Gasteiger partial charge is 0.331 e. The van der Waals surface area contributed by atoms with Crippen LogP contribution in [0, 0.1) is 17.8 Å². The molecule has 2 fully saturated rings. The molecule has 1 heterocycles. The van der Waals surface area contributed by atoms with Gasteiger partial charge >= 0.3 is 6.03 Å². The molecular formula is C13H16N2O3. The van der Waals surface area contributed by atoms with E-state index in [4.69, 9.17) is 6.42 Å². The van der Waals surface area contributed by atoms with Gasteiger partial charge in [-0.05, 0) is 19.3 Å². The number of rotatable bonds is 3. The van der Waals surface area contributed by atoms with E-state index in [2.05, 4.69) is 11.2 Å². The Bertz CT molecular complexity index is 446. The summed E-state index contributed by atoms with van der Waals surface area (Å²) in [6.45, 7) is 1.93. The minimum absolute atomic E-state index is 0.418. The zero-order valence-corrected chi connectivity index (χ0v) is 10.4. The molecule has 1 aliphatic heterocycles. The Hall–Kier alpha value is -1.83. The number of terminal acetylenes is 1. The zero-order valence-electron chi connectivity index (χ0n) is 10.4. The predicted octanol–water partition coefficient (Wildman–Crippen LogP) is 1.04. The lowest BCUT2D eigenvalue weighted by atomic mass is 9.66. The average Bonchev–Trinajstić information content (AvgIpc) is 2.25. The van der Waals surface area contributed by atoms with Crippen molar-refractivity contribution in [3.8, 4) is 12.3 Å². The van der Waals surface area contributed by atoms with Gasteiger partial charge in [0.2, 0.25) is 11.8 Å². The highest BCUT2D eigenvalue weighted by atomic mass is 16.2. The third-order valence-corrected chi connectivity index (χ3v) is 3.78. The third-order valence-electron chi connectivity index (χ3n) is 3.78. The van der Waals surface area contributed by atoms with Crippen LogP contribution in [0.2, 0.25) is 0 Å². The second-order valence-corrected chi connectivity index (χ2v) is 4.84. The number of carbonyl (C=O) groups is 3. The van der Waals surface area contributed by atoms with Crippen molar-refractivity contribution < 1.29 is 14.4 Å². The molecule has 18 heavy (non-hydrogen) atoms. The lowest BCUT2D eigenvalue weighted by Gasteiger charge is -2.45. The van der Waals surface area contributed by atoms with Gasteiger partial charge in [0.15, 0.2) is 0 Å². The van der Waals surface area contributed by atoms with Gasteiger partial charge in [-0.15, -0.1) is 6.42 Å². The summed E-state index contributed by atoms with van der Waals surface area (Å²) >= 11 is 0. The molecule has 0 bridgehead atoms. The number of nitrogens with zero attached hydrogens (tertiary/aromatic N) is 1. The van der Waals surface area contributed by atoms with E-state index in [1.165, 1.54) is 0 Å². The topological polar surface area (TPSA) is 66.5 Å². The molecule has 1 saturated carbocycles. The molecule has 1 spiro atoms. The van der Waals surface area contributed by atoms with E-state index in [9.17, 15) is 14.4 Å².